The number of carbonyl (C=O) groups excluding carboxylic acids is 2. The molecule has 7 nitrogen and oxygen atoms in total. The van der Waals surface area contributed by atoms with Gasteiger partial charge in [0, 0.05) is 45.5 Å². The van der Waals surface area contributed by atoms with Gasteiger partial charge in [0.15, 0.2) is 0 Å². The van der Waals surface area contributed by atoms with Crippen LogP contribution in [0.4, 0.5) is 0 Å². The fourth-order valence-electron chi connectivity index (χ4n) is 3.47. The number of nitrogens with zero attached hydrogens (tertiary/aromatic N) is 4. The van der Waals surface area contributed by atoms with Crippen LogP contribution in [0.5, 0.6) is 0 Å². The van der Waals surface area contributed by atoms with Crippen LogP contribution >= 0.6 is 0 Å². The molecule has 0 unspecified atom stereocenters. The van der Waals surface area contributed by atoms with Gasteiger partial charge in [-0.05, 0) is 38.4 Å². The van der Waals surface area contributed by atoms with Crippen molar-refractivity contribution in [2.45, 2.75) is 24.9 Å². The summed E-state index contributed by atoms with van der Waals surface area (Å²) in [5.74, 6) is -0.291. The molecule has 0 aliphatic carbocycles. The minimum atomic E-state index is -1.26. The van der Waals surface area contributed by atoms with E-state index in [1.54, 1.807) is 34.2 Å². The van der Waals surface area contributed by atoms with Gasteiger partial charge in [-0.3, -0.25) is 14.6 Å². The number of aliphatic hydroxyl groups is 1. The highest BCUT2D eigenvalue weighted by Gasteiger charge is 2.41. The number of likely N-dealkylation sites (tertiary alicyclic amines) is 1. The average molecular weight is 346 g/mol. The highest BCUT2D eigenvalue weighted by atomic mass is 16.3. The smallest absolute Gasteiger partial charge is 0.272 e. The summed E-state index contributed by atoms with van der Waals surface area (Å²) in [6.07, 6.45) is 3.25. The summed E-state index contributed by atoms with van der Waals surface area (Å²) >= 11 is 0. The summed E-state index contributed by atoms with van der Waals surface area (Å²) in [5.41, 5.74) is -0.830. The van der Waals surface area contributed by atoms with Crippen LogP contribution in [0.1, 0.15) is 29.8 Å². The Hall–Kier alpha value is -1.99. The van der Waals surface area contributed by atoms with E-state index in [1.807, 2.05) is 7.05 Å². The van der Waals surface area contributed by atoms with Gasteiger partial charge in [0.2, 0.25) is 0 Å². The molecule has 2 amide bonds. The Balaban J connectivity index is 1.61. The van der Waals surface area contributed by atoms with E-state index >= 15 is 0 Å². The quantitative estimate of drug-likeness (QED) is 0.829. The SMILES string of the molecule is CN1CCC(O)(C(=O)N2CCCN(C(=O)c3ccccn3)CC2)CC1. The molecule has 0 spiro atoms. The summed E-state index contributed by atoms with van der Waals surface area (Å²) in [6, 6.07) is 5.28. The molecule has 25 heavy (non-hydrogen) atoms. The molecular weight excluding hydrogens is 320 g/mol. The Morgan fingerprint density at radius 3 is 2.40 bits per heavy atom. The zero-order chi connectivity index (χ0) is 17.9. The molecule has 0 saturated carbocycles. The fourth-order valence-corrected chi connectivity index (χ4v) is 3.47. The zero-order valence-corrected chi connectivity index (χ0v) is 14.7. The van der Waals surface area contributed by atoms with Crippen LogP contribution in [0.2, 0.25) is 0 Å². The van der Waals surface area contributed by atoms with Crippen LogP contribution in [-0.4, -0.2) is 88.5 Å². The molecule has 0 aromatic carbocycles. The normalized spacial score (nSPS) is 21.7. The second-order valence-corrected chi connectivity index (χ2v) is 6.99. The first-order chi connectivity index (χ1) is 12.0. The number of hydrogen-bond acceptors (Lipinski definition) is 5. The predicted molar refractivity (Wildman–Crippen MR) is 93.0 cm³/mol. The lowest BCUT2D eigenvalue weighted by Gasteiger charge is -2.38. The molecule has 2 fully saturated rings. The molecule has 136 valence electrons. The van der Waals surface area contributed by atoms with Crippen molar-refractivity contribution < 1.29 is 14.7 Å². The van der Waals surface area contributed by atoms with Gasteiger partial charge in [-0.25, -0.2) is 0 Å². The largest absolute Gasteiger partial charge is 0.380 e. The van der Waals surface area contributed by atoms with Crippen LogP contribution in [-0.2, 0) is 4.79 Å². The van der Waals surface area contributed by atoms with E-state index in [0.29, 0.717) is 51.1 Å². The van der Waals surface area contributed by atoms with Gasteiger partial charge in [0.1, 0.15) is 11.3 Å². The van der Waals surface area contributed by atoms with Crippen LogP contribution in [0.25, 0.3) is 0 Å². The molecule has 3 heterocycles. The number of hydrogen-bond donors (Lipinski definition) is 1. The summed E-state index contributed by atoms with van der Waals surface area (Å²) in [7, 11) is 2.00. The van der Waals surface area contributed by atoms with E-state index in [4.69, 9.17) is 0 Å². The molecule has 0 radical (unpaired) electrons. The Morgan fingerprint density at radius 2 is 1.72 bits per heavy atom. The van der Waals surface area contributed by atoms with E-state index in [1.165, 1.54) is 0 Å². The molecule has 0 bridgehead atoms. The first kappa shape index (κ1) is 17.8. The van der Waals surface area contributed by atoms with Gasteiger partial charge >= 0.3 is 0 Å². The number of rotatable bonds is 2. The highest BCUT2D eigenvalue weighted by Crippen LogP contribution is 2.24. The van der Waals surface area contributed by atoms with Crippen LogP contribution < -0.4 is 0 Å². The average Bonchev–Trinajstić information content (AvgIpc) is 2.90. The fraction of sp³-hybridized carbons (Fsp3) is 0.611. The molecule has 7 heteroatoms. The second-order valence-electron chi connectivity index (χ2n) is 6.99. The van der Waals surface area contributed by atoms with Crippen molar-refractivity contribution in [3.63, 3.8) is 0 Å². The van der Waals surface area contributed by atoms with Crippen LogP contribution in [0, 0.1) is 0 Å². The highest BCUT2D eigenvalue weighted by molar-refractivity contribution is 5.92. The van der Waals surface area contributed by atoms with Gasteiger partial charge in [0.05, 0.1) is 0 Å². The number of piperidine rings is 1. The van der Waals surface area contributed by atoms with E-state index in [-0.39, 0.29) is 11.8 Å². The van der Waals surface area contributed by atoms with Crippen LogP contribution in [0.3, 0.4) is 0 Å². The number of amides is 2. The van der Waals surface area contributed by atoms with Crippen molar-refractivity contribution in [3.8, 4) is 0 Å². The molecule has 2 aliphatic heterocycles. The van der Waals surface area contributed by atoms with Gasteiger partial charge in [0.25, 0.3) is 11.8 Å². The molecule has 2 aliphatic rings. The minimum absolute atomic E-state index is 0.104. The molecule has 1 aromatic heterocycles. The first-order valence-corrected chi connectivity index (χ1v) is 8.90. The van der Waals surface area contributed by atoms with E-state index in [2.05, 4.69) is 9.88 Å². The molecule has 0 atom stereocenters. The maximum atomic E-state index is 12.8. The molecular formula is C18H26N4O3. The topological polar surface area (TPSA) is 77.0 Å². The van der Waals surface area contributed by atoms with E-state index in [9.17, 15) is 14.7 Å². The monoisotopic (exact) mass is 346 g/mol. The van der Waals surface area contributed by atoms with Crippen molar-refractivity contribution in [3.05, 3.63) is 30.1 Å². The lowest BCUT2D eigenvalue weighted by Crippen LogP contribution is -2.55. The van der Waals surface area contributed by atoms with Gasteiger partial charge in [-0.2, -0.15) is 0 Å². The third-order valence-electron chi connectivity index (χ3n) is 5.17. The summed E-state index contributed by atoms with van der Waals surface area (Å²) in [5, 5.41) is 10.7. The Kier molecular flexibility index (Phi) is 5.34. The lowest BCUT2D eigenvalue weighted by molar-refractivity contribution is -0.155. The molecule has 1 aromatic rings. The Bertz CT molecular complexity index is 614. The lowest BCUT2D eigenvalue weighted by atomic mass is 9.90. The Labute approximate surface area is 148 Å². The van der Waals surface area contributed by atoms with Crippen molar-refractivity contribution in [2.75, 3.05) is 46.3 Å². The standard InChI is InChI=1S/C18H26N4O3/c1-20-11-6-18(25,7-12-20)17(24)22-10-4-9-21(13-14-22)16(23)15-5-2-3-8-19-15/h2-3,5,8,25H,4,6-7,9-14H2,1H3. The van der Waals surface area contributed by atoms with E-state index in [0.717, 1.165) is 13.1 Å². The molecule has 1 N–H and O–H groups in total. The first-order valence-electron chi connectivity index (χ1n) is 8.90. The van der Waals surface area contributed by atoms with Crippen molar-refractivity contribution in [1.82, 2.24) is 19.7 Å². The Morgan fingerprint density at radius 1 is 1.04 bits per heavy atom. The number of pyridine rings is 1. The van der Waals surface area contributed by atoms with Crippen molar-refractivity contribution in [2.24, 2.45) is 0 Å². The third-order valence-corrected chi connectivity index (χ3v) is 5.17. The second kappa shape index (κ2) is 7.49. The third kappa shape index (κ3) is 3.99. The number of aromatic nitrogens is 1. The minimum Gasteiger partial charge on any atom is -0.380 e. The number of carbonyl (C=O) groups is 2. The zero-order valence-electron chi connectivity index (χ0n) is 14.7. The van der Waals surface area contributed by atoms with Crippen molar-refractivity contribution in [1.29, 1.82) is 0 Å². The van der Waals surface area contributed by atoms with Crippen molar-refractivity contribution >= 4 is 11.8 Å². The summed E-state index contributed by atoms with van der Waals surface area (Å²) < 4.78 is 0. The summed E-state index contributed by atoms with van der Waals surface area (Å²) in [6.45, 7) is 3.54. The van der Waals surface area contributed by atoms with Crippen LogP contribution in [0.15, 0.2) is 24.4 Å². The van der Waals surface area contributed by atoms with Gasteiger partial charge < -0.3 is 19.8 Å². The van der Waals surface area contributed by atoms with E-state index < -0.39 is 5.60 Å². The maximum Gasteiger partial charge on any atom is 0.272 e. The predicted octanol–water partition coefficient (Wildman–Crippen LogP) is 0.213. The maximum absolute atomic E-state index is 12.8. The van der Waals surface area contributed by atoms with Gasteiger partial charge in [-0.1, -0.05) is 6.07 Å². The molecule has 2 saturated heterocycles. The summed E-state index contributed by atoms with van der Waals surface area (Å²) in [4.78, 5) is 35.1. The van der Waals surface area contributed by atoms with Gasteiger partial charge in [-0.15, -0.1) is 0 Å². The molecule has 3 rings (SSSR count).